The normalized spacial score (nSPS) is 13.9. The molecule has 94 valence electrons. The Balaban J connectivity index is 3.45. The molecule has 0 aliphatic rings. The Bertz CT molecular complexity index is 211. The van der Waals surface area contributed by atoms with Crippen LogP contribution in [0.5, 0.6) is 0 Å². The summed E-state index contributed by atoms with van der Waals surface area (Å²) in [4.78, 5) is 19.7. The van der Waals surface area contributed by atoms with Crippen molar-refractivity contribution < 1.29 is 38.1 Å². The summed E-state index contributed by atoms with van der Waals surface area (Å²) in [5, 5.41) is 16.0. The fraction of sp³-hybridized carbons (Fsp3) is 0.750. The Morgan fingerprint density at radius 2 is 1.25 bits per heavy atom. The van der Waals surface area contributed by atoms with Gasteiger partial charge in [0, 0.05) is 12.8 Å². The Labute approximate surface area is 89.8 Å². The van der Waals surface area contributed by atoms with E-state index in [1.54, 1.807) is 0 Å². The van der Waals surface area contributed by atoms with E-state index in [0.29, 0.717) is 0 Å². The quantitative estimate of drug-likeness (QED) is 0.526. The van der Waals surface area contributed by atoms with E-state index in [2.05, 4.69) is 9.47 Å². The fourth-order valence-corrected chi connectivity index (χ4v) is 0.946. The van der Waals surface area contributed by atoms with Crippen LogP contribution in [0.3, 0.4) is 0 Å². The van der Waals surface area contributed by atoms with Gasteiger partial charge in [0.1, 0.15) is 0 Å². The summed E-state index contributed by atoms with van der Waals surface area (Å²) < 4.78 is 32.6. The monoisotopic (exact) mass is 242 g/mol. The van der Waals surface area contributed by atoms with Crippen molar-refractivity contribution >= 4 is 12.3 Å². The van der Waals surface area contributed by atoms with Crippen LogP contribution in [0, 0.1) is 0 Å². The molecule has 0 spiro atoms. The number of unbranched alkanes of at least 4 members (excludes halogenated alkanes) is 1. The second kappa shape index (κ2) is 7.66. The van der Waals surface area contributed by atoms with Crippen LogP contribution in [-0.2, 0) is 9.47 Å². The van der Waals surface area contributed by atoms with Gasteiger partial charge >= 0.3 is 12.3 Å². The largest absolute Gasteiger partial charge is 0.508 e. The lowest BCUT2D eigenvalue weighted by Gasteiger charge is -2.08. The Morgan fingerprint density at radius 1 is 0.938 bits per heavy atom. The molecular weight excluding hydrogens is 230 g/mol. The van der Waals surface area contributed by atoms with Gasteiger partial charge in [0.2, 0.25) is 12.7 Å². The second-order valence-corrected chi connectivity index (χ2v) is 2.87. The highest BCUT2D eigenvalue weighted by Gasteiger charge is 2.13. The molecule has 6 nitrogen and oxygen atoms in total. The van der Waals surface area contributed by atoms with Crippen molar-refractivity contribution in [3.05, 3.63) is 0 Å². The fourth-order valence-electron chi connectivity index (χ4n) is 0.946. The SMILES string of the molecule is O=C(O)OC(F)CCCCC(F)OC(=O)O. The smallest absolute Gasteiger partial charge is 0.450 e. The number of alkyl halides is 2. The molecule has 0 aromatic heterocycles. The van der Waals surface area contributed by atoms with Crippen molar-refractivity contribution in [3.8, 4) is 0 Å². The van der Waals surface area contributed by atoms with E-state index >= 15 is 0 Å². The lowest BCUT2D eigenvalue weighted by Crippen LogP contribution is -2.13. The number of ether oxygens (including phenoxy) is 2. The average molecular weight is 242 g/mol. The minimum atomic E-state index is -1.95. The predicted molar refractivity (Wildman–Crippen MR) is 46.5 cm³/mol. The van der Waals surface area contributed by atoms with Gasteiger partial charge in [0.05, 0.1) is 0 Å². The highest BCUT2D eigenvalue weighted by Crippen LogP contribution is 2.12. The predicted octanol–water partition coefficient (Wildman–Crippen LogP) is 2.53. The molecule has 0 saturated carbocycles. The highest BCUT2D eigenvalue weighted by molar-refractivity contribution is 5.57. The van der Waals surface area contributed by atoms with Gasteiger partial charge in [-0.15, -0.1) is 0 Å². The molecule has 8 heteroatoms. The third kappa shape index (κ3) is 8.97. The summed E-state index contributed by atoms with van der Waals surface area (Å²) in [6, 6.07) is 0. The average Bonchev–Trinajstić information content (AvgIpc) is 2.10. The third-order valence-electron chi connectivity index (χ3n) is 1.57. The Hall–Kier alpha value is -1.60. The van der Waals surface area contributed by atoms with E-state index in [1.807, 2.05) is 0 Å². The van der Waals surface area contributed by atoms with Crippen molar-refractivity contribution in [2.75, 3.05) is 0 Å². The molecule has 0 aromatic carbocycles. The number of carboxylic acid groups (broad SMARTS) is 2. The molecule has 0 aromatic rings. The summed E-state index contributed by atoms with van der Waals surface area (Å²) in [6.45, 7) is 0. The first-order chi connectivity index (χ1) is 7.41. The minimum Gasteiger partial charge on any atom is -0.450 e. The molecule has 2 N–H and O–H groups in total. The van der Waals surface area contributed by atoms with E-state index in [1.165, 1.54) is 0 Å². The van der Waals surface area contributed by atoms with E-state index in [4.69, 9.17) is 10.2 Å². The molecule has 0 amide bonds. The zero-order chi connectivity index (χ0) is 12.6. The van der Waals surface area contributed by atoms with Crippen LogP contribution < -0.4 is 0 Å². The molecule has 0 bridgehead atoms. The first-order valence-electron chi connectivity index (χ1n) is 4.49. The summed E-state index contributed by atoms with van der Waals surface area (Å²) >= 11 is 0. The van der Waals surface area contributed by atoms with Gasteiger partial charge in [0.25, 0.3) is 0 Å². The standard InChI is InChI=1S/C8H12F2O6/c9-5(15-7(11)12)3-1-2-4-6(10)16-8(13)14/h5-6H,1-4H2,(H,11,12)(H,13,14). The molecule has 0 radical (unpaired) electrons. The highest BCUT2D eigenvalue weighted by atomic mass is 19.1. The van der Waals surface area contributed by atoms with Crippen molar-refractivity contribution in [1.82, 2.24) is 0 Å². The molecule has 0 saturated heterocycles. The van der Waals surface area contributed by atoms with E-state index in [0.717, 1.165) is 0 Å². The minimum absolute atomic E-state index is 0.165. The van der Waals surface area contributed by atoms with Gasteiger partial charge in [-0.1, -0.05) is 0 Å². The van der Waals surface area contributed by atoms with Gasteiger partial charge in [-0.2, -0.15) is 0 Å². The van der Waals surface area contributed by atoms with Crippen LogP contribution in [-0.4, -0.2) is 35.2 Å². The first kappa shape index (κ1) is 14.4. The van der Waals surface area contributed by atoms with Crippen LogP contribution in [0.25, 0.3) is 0 Å². The first-order valence-corrected chi connectivity index (χ1v) is 4.49. The van der Waals surface area contributed by atoms with E-state index < -0.39 is 25.0 Å². The second-order valence-electron chi connectivity index (χ2n) is 2.87. The number of carbonyl (C=O) groups is 2. The molecular formula is C8H12F2O6. The van der Waals surface area contributed by atoms with Crippen LogP contribution in [0.1, 0.15) is 25.7 Å². The van der Waals surface area contributed by atoms with Gasteiger partial charge in [-0.25, -0.2) is 18.4 Å². The lowest BCUT2D eigenvalue weighted by molar-refractivity contribution is -0.0292. The molecule has 16 heavy (non-hydrogen) atoms. The topological polar surface area (TPSA) is 93.1 Å². The van der Waals surface area contributed by atoms with Crippen molar-refractivity contribution in [1.29, 1.82) is 0 Å². The molecule has 0 aliphatic heterocycles. The maximum absolute atomic E-state index is 12.6. The summed E-state index contributed by atoms with van der Waals surface area (Å²) in [7, 11) is 0. The van der Waals surface area contributed by atoms with Crippen molar-refractivity contribution in [3.63, 3.8) is 0 Å². The summed E-state index contributed by atoms with van der Waals surface area (Å²) in [5.74, 6) is 0. The number of rotatable bonds is 7. The van der Waals surface area contributed by atoms with Gasteiger partial charge in [-0.3, -0.25) is 0 Å². The summed E-state index contributed by atoms with van der Waals surface area (Å²) in [6.07, 6.45) is -7.41. The zero-order valence-corrected chi connectivity index (χ0v) is 8.27. The van der Waals surface area contributed by atoms with Gasteiger partial charge < -0.3 is 19.7 Å². The molecule has 2 atom stereocenters. The molecule has 0 aliphatic carbocycles. The molecule has 0 heterocycles. The van der Waals surface area contributed by atoms with Crippen molar-refractivity contribution in [2.45, 2.75) is 38.4 Å². The van der Waals surface area contributed by atoms with Gasteiger partial charge in [0.15, 0.2) is 0 Å². The van der Waals surface area contributed by atoms with Gasteiger partial charge in [-0.05, 0) is 12.8 Å². The molecule has 0 fully saturated rings. The van der Waals surface area contributed by atoms with Crippen molar-refractivity contribution in [2.24, 2.45) is 0 Å². The zero-order valence-electron chi connectivity index (χ0n) is 8.27. The van der Waals surface area contributed by atoms with Crippen LogP contribution >= 0.6 is 0 Å². The van der Waals surface area contributed by atoms with Crippen LogP contribution in [0.2, 0.25) is 0 Å². The third-order valence-corrected chi connectivity index (χ3v) is 1.57. The molecule has 0 rings (SSSR count). The van der Waals surface area contributed by atoms with E-state index in [9.17, 15) is 18.4 Å². The maximum atomic E-state index is 12.6. The number of hydrogen-bond donors (Lipinski definition) is 2. The Kier molecular flexibility index (Phi) is 6.89. The lowest BCUT2D eigenvalue weighted by atomic mass is 10.2. The summed E-state index contributed by atoms with van der Waals surface area (Å²) in [5.41, 5.74) is 0. The van der Waals surface area contributed by atoms with Crippen LogP contribution in [0.15, 0.2) is 0 Å². The number of halogens is 2. The molecule has 2 unspecified atom stereocenters. The number of hydrogen-bond acceptors (Lipinski definition) is 4. The van der Waals surface area contributed by atoms with Crippen LogP contribution in [0.4, 0.5) is 18.4 Å². The Morgan fingerprint density at radius 3 is 1.50 bits per heavy atom. The van der Waals surface area contributed by atoms with E-state index in [-0.39, 0.29) is 25.7 Å². The maximum Gasteiger partial charge on any atom is 0.508 e.